The number of aromatic nitrogens is 1. The third kappa shape index (κ3) is 6.20. The summed E-state index contributed by atoms with van der Waals surface area (Å²) in [5, 5.41) is 9.68. The zero-order chi connectivity index (χ0) is 42.8. The minimum atomic E-state index is 0.891. The Morgan fingerprint density at radius 1 is 0.308 bits per heavy atom. The molecule has 0 aliphatic carbocycles. The lowest BCUT2D eigenvalue weighted by Gasteiger charge is -2.28. The molecule has 0 N–H and O–H groups in total. The van der Waals surface area contributed by atoms with Gasteiger partial charge >= 0.3 is 0 Å². The number of hydrogen-bond donors (Lipinski definition) is 0. The number of rotatable bonds is 7. The van der Waals surface area contributed by atoms with Crippen LogP contribution < -0.4 is 4.90 Å². The molecule has 0 bridgehead atoms. The van der Waals surface area contributed by atoms with Crippen molar-refractivity contribution in [2.75, 3.05) is 4.90 Å². The second kappa shape index (κ2) is 15.0. The highest BCUT2D eigenvalue weighted by atomic mass is 16.3. The standard InChI is InChI=1S/C62H40N2O/c1-2-18-52-43(12-1)26-27-44-13-11-24-59(62(44)52)63(51-17-10-16-47(39-51)48-32-37-56-55-21-5-8-25-60(55)65-61(56)40-48)49-33-28-41(29-34-49)45-14-9-15-46(38-45)42-30-35-50(36-31-42)64-57-22-6-3-19-53(57)54-20-4-7-23-58(54)64/h1-40H. The van der Waals surface area contributed by atoms with Crippen LogP contribution in [0.2, 0.25) is 0 Å². The Balaban J connectivity index is 0.883. The van der Waals surface area contributed by atoms with Crippen LogP contribution in [-0.4, -0.2) is 4.57 Å². The first-order valence-electron chi connectivity index (χ1n) is 22.2. The van der Waals surface area contributed by atoms with E-state index in [9.17, 15) is 0 Å². The van der Waals surface area contributed by atoms with Crippen molar-refractivity contribution in [3.8, 4) is 39.1 Å². The molecular weight excluding hydrogens is 789 g/mol. The summed E-state index contributed by atoms with van der Waals surface area (Å²) in [6.45, 7) is 0. The van der Waals surface area contributed by atoms with Crippen molar-refractivity contribution in [1.29, 1.82) is 0 Å². The van der Waals surface area contributed by atoms with Gasteiger partial charge in [-0.15, -0.1) is 0 Å². The van der Waals surface area contributed by atoms with Crippen LogP contribution in [0.5, 0.6) is 0 Å². The van der Waals surface area contributed by atoms with Gasteiger partial charge in [-0.05, 0) is 128 Å². The van der Waals surface area contributed by atoms with Crippen molar-refractivity contribution < 1.29 is 4.42 Å². The molecule has 0 unspecified atom stereocenters. The molecule has 65 heavy (non-hydrogen) atoms. The summed E-state index contributed by atoms with van der Waals surface area (Å²) in [6.07, 6.45) is 0. The zero-order valence-corrected chi connectivity index (χ0v) is 35.4. The topological polar surface area (TPSA) is 21.3 Å². The summed E-state index contributed by atoms with van der Waals surface area (Å²) in [4.78, 5) is 2.41. The zero-order valence-electron chi connectivity index (χ0n) is 35.4. The maximum absolute atomic E-state index is 6.33. The van der Waals surface area contributed by atoms with Gasteiger partial charge < -0.3 is 13.9 Å². The molecule has 13 rings (SSSR count). The van der Waals surface area contributed by atoms with E-state index in [-0.39, 0.29) is 0 Å². The predicted octanol–water partition coefficient (Wildman–Crippen LogP) is 17.5. The minimum absolute atomic E-state index is 0.891. The minimum Gasteiger partial charge on any atom is -0.456 e. The fraction of sp³-hybridized carbons (Fsp3) is 0. The van der Waals surface area contributed by atoms with E-state index in [0.29, 0.717) is 0 Å². The van der Waals surface area contributed by atoms with E-state index >= 15 is 0 Å². The molecule has 0 aliphatic rings. The molecule has 0 saturated heterocycles. The van der Waals surface area contributed by atoms with Gasteiger partial charge in [-0.25, -0.2) is 0 Å². The number of benzene rings is 11. The maximum Gasteiger partial charge on any atom is 0.136 e. The highest BCUT2D eigenvalue weighted by molar-refractivity contribution is 6.15. The van der Waals surface area contributed by atoms with E-state index in [0.717, 1.165) is 61.4 Å². The van der Waals surface area contributed by atoms with E-state index < -0.39 is 0 Å². The second-order valence-corrected chi connectivity index (χ2v) is 16.9. The van der Waals surface area contributed by atoms with E-state index in [1.165, 1.54) is 60.0 Å². The van der Waals surface area contributed by atoms with Crippen LogP contribution in [0.4, 0.5) is 17.1 Å². The van der Waals surface area contributed by atoms with Crippen LogP contribution in [0.15, 0.2) is 247 Å². The van der Waals surface area contributed by atoms with E-state index in [4.69, 9.17) is 4.42 Å². The van der Waals surface area contributed by atoms with Crippen LogP contribution in [0, 0.1) is 0 Å². The summed E-state index contributed by atoms with van der Waals surface area (Å²) < 4.78 is 8.70. The van der Waals surface area contributed by atoms with Crippen LogP contribution >= 0.6 is 0 Å². The molecule has 0 fully saturated rings. The lowest BCUT2D eigenvalue weighted by atomic mass is 9.97. The Labute approximate surface area is 376 Å². The first-order valence-corrected chi connectivity index (χ1v) is 22.2. The summed E-state index contributed by atoms with van der Waals surface area (Å²) in [5.41, 5.74) is 15.6. The fourth-order valence-corrected chi connectivity index (χ4v) is 10.1. The Kier molecular flexibility index (Phi) is 8.53. The molecule has 3 nitrogen and oxygen atoms in total. The average molecular weight is 829 g/mol. The van der Waals surface area contributed by atoms with Gasteiger partial charge in [-0.2, -0.15) is 0 Å². The van der Waals surface area contributed by atoms with Crippen molar-refractivity contribution in [2.24, 2.45) is 0 Å². The number of para-hydroxylation sites is 3. The summed E-state index contributed by atoms with van der Waals surface area (Å²) in [7, 11) is 0. The summed E-state index contributed by atoms with van der Waals surface area (Å²) in [6, 6.07) is 87.8. The molecule has 2 aromatic heterocycles. The smallest absolute Gasteiger partial charge is 0.136 e. The van der Waals surface area contributed by atoms with Crippen LogP contribution in [0.1, 0.15) is 0 Å². The van der Waals surface area contributed by atoms with Crippen LogP contribution in [0.25, 0.3) is 104 Å². The highest BCUT2D eigenvalue weighted by Gasteiger charge is 2.19. The lowest BCUT2D eigenvalue weighted by molar-refractivity contribution is 0.669. The van der Waals surface area contributed by atoms with Gasteiger partial charge in [0.15, 0.2) is 0 Å². The molecule has 0 aliphatic heterocycles. The van der Waals surface area contributed by atoms with Crippen molar-refractivity contribution in [3.05, 3.63) is 243 Å². The van der Waals surface area contributed by atoms with Crippen LogP contribution in [0.3, 0.4) is 0 Å². The molecule has 13 aromatic rings. The molecule has 11 aromatic carbocycles. The van der Waals surface area contributed by atoms with Gasteiger partial charge in [-0.3, -0.25) is 0 Å². The number of anilines is 3. The first kappa shape index (κ1) is 36.9. The molecule has 0 radical (unpaired) electrons. The highest BCUT2D eigenvalue weighted by Crippen LogP contribution is 2.44. The second-order valence-electron chi connectivity index (χ2n) is 16.9. The largest absolute Gasteiger partial charge is 0.456 e. The predicted molar refractivity (Wildman–Crippen MR) is 274 cm³/mol. The maximum atomic E-state index is 6.33. The van der Waals surface area contributed by atoms with E-state index in [2.05, 4.69) is 240 Å². The SMILES string of the molecule is c1cc(-c2ccc(N(c3cccc(-c4ccc5c(c4)oc4ccccc45)c3)c3cccc4ccc5ccccc5c34)cc2)cc(-c2ccc(-n3c4ccccc4c4ccccc43)cc2)c1. The fourth-order valence-electron chi connectivity index (χ4n) is 10.1. The average Bonchev–Trinajstić information content (AvgIpc) is 3.92. The first-order chi connectivity index (χ1) is 32.2. The normalized spacial score (nSPS) is 11.7. The number of furan rings is 1. The lowest BCUT2D eigenvalue weighted by Crippen LogP contribution is -2.10. The monoisotopic (exact) mass is 828 g/mol. The van der Waals surface area contributed by atoms with Gasteiger partial charge in [0.25, 0.3) is 0 Å². The Bertz CT molecular complexity index is 3900. The molecule has 304 valence electrons. The van der Waals surface area contributed by atoms with Gasteiger partial charge in [-0.1, -0.05) is 164 Å². The molecular formula is C62H40N2O. The Morgan fingerprint density at radius 2 is 0.846 bits per heavy atom. The van der Waals surface area contributed by atoms with Crippen molar-refractivity contribution in [3.63, 3.8) is 0 Å². The number of hydrogen-bond acceptors (Lipinski definition) is 2. The Hall–Kier alpha value is -8.66. The van der Waals surface area contributed by atoms with Crippen LogP contribution in [-0.2, 0) is 0 Å². The molecule has 3 heteroatoms. The van der Waals surface area contributed by atoms with Gasteiger partial charge in [0.2, 0.25) is 0 Å². The summed E-state index contributed by atoms with van der Waals surface area (Å²) in [5.74, 6) is 0. The molecule has 0 saturated carbocycles. The quantitative estimate of drug-likeness (QED) is 0.149. The number of nitrogens with zero attached hydrogens (tertiary/aromatic N) is 2. The van der Waals surface area contributed by atoms with Crippen molar-refractivity contribution >= 4 is 82.4 Å². The molecule has 0 atom stereocenters. The third-order valence-electron chi connectivity index (χ3n) is 13.2. The van der Waals surface area contributed by atoms with Crippen molar-refractivity contribution in [2.45, 2.75) is 0 Å². The van der Waals surface area contributed by atoms with Gasteiger partial charge in [0.05, 0.1) is 16.7 Å². The molecule has 0 amide bonds. The summed E-state index contributed by atoms with van der Waals surface area (Å²) >= 11 is 0. The van der Waals surface area contributed by atoms with Gasteiger partial charge in [0, 0.05) is 44.0 Å². The van der Waals surface area contributed by atoms with E-state index in [1.807, 2.05) is 12.1 Å². The Morgan fingerprint density at radius 3 is 1.60 bits per heavy atom. The molecule has 2 heterocycles. The third-order valence-corrected chi connectivity index (χ3v) is 13.2. The van der Waals surface area contributed by atoms with E-state index in [1.54, 1.807) is 0 Å². The number of fused-ring (bicyclic) bond motifs is 9. The van der Waals surface area contributed by atoms with Crippen molar-refractivity contribution in [1.82, 2.24) is 4.57 Å². The van der Waals surface area contributed by atoms with Gasteiger partial charge in [0.1, 0.15) is 11.2 Å². The molecule has 0 spiro atoms.